The molecule has 1 fully saturated rings. The summed E-state index contributed by atoms with van der Waals surface area (Å²) in [4.78, 5) is 2.49. The van der Waals surface area contributed by atoms with Crippen molar-refractivity contribution < 1.29 is 4.74 Å². The van der Waals surface area contributed by atoms with Crippen LogP contribution in [0.5, 0.6) is 0 Å². The van der Waals surface area contributed by atoms with E-state index >= 15 is 0 Å². The van der Waals surface area contributed by atoms with Crippen molar-refractivity contribution in [3.8, 4) is 0 Å². The van der Waals surface area contributed by atoms with Crippen LogP contribution in [-0.2, 0) is 4.74 Å². The van der Waals surface area contributed by atoms with E-state index < -0.39 is 0 Å². The second-order valence-corrected chi connectivity index (χ2v) is 4.27. The number of hydrogen-bond donors (Lipinski definition) is 0. The highest BCUT2D eigenvalue weighted by molar-refractivity contribution is 6.18. The number of halogens is 1. The molecule has 1 aliphatic rings. The van der Waals surface area contributed by atoms with Gasteiger partial charge in [-0.1, -0.05) is 0 Å². The Balaban J connectivity index is 2.32. The largest absolute Gasteiger partial charge is 0.383 e. The van der Waals surface area contributed by atoms with Crippen molar-refractivity contribution in [1.82, 2.24) is 4.90 Å². The minimum absolute atomic E-state index is 0.538. The Kier molecular flexibility index (Phi) is 5.07. The molecule has 1 heterocycles. The molecular formula is C10H20ClNO. The zero-order valence-corrected chi connectivity index (χ0v) is 9.39. The second kappa shape index (κ2) is 5.84. The van der Waals surface area contributed by atoms with Crippen LogP contribution in [0, 0.1) is 5.92 Å². The predicted octanol–water partition coefficient (Wildman–Crippen LogP) is 1.97. The highest BCUT2D eigenvalue weighted by Crippen LogP contribution is 2.19. The smallest absolute Gasteiger partial charge is 0.0615 e. The van der Waals surface area contributed by atoms with E-state index in [9.17, 15) is 0 Å². The number of hydrogen-bond acceptors (Lipinski definition) is 2. The first-order valence-corrected chi connectivity index (χ1v) is 5.60. The molecule has 2 unspecified atom stereocenters. The van der Waals surface area contributed by atoms with Crippen LogP contribution in [0.1, 0.15) is 19.8 Å². The summed E-state index contributed by atoms with van der Waals surface area (Å²) in [5.74, 6) is 1.49. The summed E-state index contributed by atoms with van der Waals surface area (Å²) in [5.41, 5.74) is 0. The highest BCUT2D eigenvalue weighted by atomic mass is 35.5. The first kappa shape index (κ1) is 11.3. The molecule has 1 aliphatic heterocycles. The zero-order valence-electron chi connectivity index (χ0n) is 8.63. The summed E-state index contributed by atoms with van der Waals surface area (Å²) in [6.45, 7) is 5.40. The van der Waals surface area contributed by atoms with Crippen molar-refractivity contribution in [2.75, 3.05) is 32.7 Å². The summed E-state index contributed by atoms with van der Waals surface area (Å²) in [6.07, 6.45) is 2.57. The molecule has 0 aliphatic carbocycles. The van der Waals surface area contributed by atoms with Crippen LogP contribution in [0.2, 0.25) is 0 Å². The van der Waals surface area contributed by atoms with Crippen molar-refractivity contribution in [3.63, 3.8) is 0 Å². The van der Waals surface area contributed by atoms with E-state index in [1.807, 2.05) is 0 Å². The third-order valence-electron chi connectivity index (χ3n) is 2.80. The van der Waals surface area contributed by atoms with Crippen LogP contribution in [0.3, 0.4) is 0 Å². The van der Waals surface area contributed by atoms with Gasteiger partial charge in [-0.25, -0.2) is 0 Å². The molecule has 0 aromatic carbocycles. The van der Waals surface area contributed by atoms with Crippen molar-refractivity contribution in [1.29, 1.82) is 0 Å². The van der Waals surface area contributed by atoms with Crippen LogP contribution in [0.25, 0.3) is 0 Å². The van der Waals surface area contributed by atoms with Gasteiger partial charge in [0.15, 0.2) is 0 Å². The monoisotopic (exact) mass is 205 g/mol. The molecule has 3 heteroatoms. The zero-order chi connectivity index (χ0) is 9.68. The van der Waals surface area contributed by atoms with E-state index in [2.05, 4.69) is 11.8 Å². The summed E-state index contributed by atoms with van der Waals surface area (Å²) in [6, 6.07) is 0.538. The molecule has 0 spiro atoms. The van der Waals surface area contributed by atoms with Gasteiger partial charge in [0.05, 0.1) is 6.61 Å². The number of piperidine rings is 1. The van der Waals surface area contributed by atoms with Crippen LogP contribution in [-0.4, -0.2) is 43.6 Å². The van der Waals surface area contributed by atoms with Gasteiger partial charge in [0, 0.05) is 25.6 Å². The lowest BCUT2D eigenvalue weighted by molar-refractivity contribution is 0.0720. The first-order valence-electron chi connectivity index (χ1n) is 5.07. The van der Waals surface area contributed by atoms with E-state index in [0.717, 1.165) is 19.0 Å². The molecule has 0 amide bonds. The molecule has 0 bridgehead atoms. The lowest BCUT2D eigenvalue weighted by Gasteiger charge is -2.35. The molecule has 0 N–H and O–H groups in total. The molecule has 2 atom stereocenters. The molecule has 78 valence electrons. The highest BCUT2D eigenvalue weighted by Gasteiger charge is 2.22. The maximum absolute atomic E-state index is 5.87. The maximum atomic E-state index is 5.87. The first-order chi connectivity index (χ1) is 6.27. The van der Waals surface area contributed by atoms with Crippen molar-refractivity contribution in [3.05, 3.63) is 0 Å². The van der Waals surface area contributed by atoms with Gasteiger partial charge < -0.3 is 4.74 Å². The van der Waals surface area contributed by atoms with Gasteiger partial charge in [-0.3, -0.25) is 4.90 Å². The van der Waals surface area contributed by atoms with E-state index in [1.54, 1.807) is 7.11 Å². The normalized spacial score (nSPS) is 27.5. The molecular weight excluding hydrogens is 186 g/mol. The van der Waals surface area contributed by atoms with Crippen LogP contribution in [0.15, 0.2) is 0 Å². The Hall–Kier alpha value is 0.210. The number of ether oxygens (including phenoxy) is 1. The second-order valence-electron chi connectivity index (χ2n) is 3.96. The van der Waals surface area contributed by atoms with Gasteiger partial charge in [0.2, 0.25) is 0 Å². The van der Waals surface area contributed by atoms with Crippen LogP contribution < -0.4 is 0 Å². The van der Waals surface area contributed by atoms with Crippen molar-refractivity contribution >= 4 is 11.6 Å². The van der Waals surface area contributed by atoms with Crippen LogP contribution >= 0.6 is 11.6 Å². The Morgan fingerprint density at radius 2 is 2.38 bits per heavy atom. The molecule has 13 heavy (non-hydrogen) atoms. The Morgan fingerprint density at radius 3 is 3.00 bits per heavy atom. The SMILES string of the molecule is COCC(C)N1CCCC(CCl)C1. The van der Waals surface area contributed by atoms with Gasteiger partial charge in [-0.2, -0.15) is 0 Å². The topological polar surface area (TPSA) is 12.5 Å². The molecule has 1 saturated heterocycles. The molecule has 0 saturated carbocycles. The Labute approximate surface area is 86.2 Å². The third-order valence-corrected chi connectivity index (χ3v) is 3.24. The van der Waals surface area contributed by atoms with Crippen molar-refractivity contribution in [2.45, 2.75) is 25.8 Å². The number of likely N-dealkylation sites (tertiary alicyclic amines) is 1. The number of methoxy groups -OCH3 is 1. The molecule has 0 radical (unpaired) electrons. The fraction of sp³-hybridized carbons (Fsp3) is 1.00. The fourth-order valence-electron chi connectivity index (χ4n) is 1.97. The average Bonchev–Trinajstić information content (AvgIpc) is 2.18. The van der Waals surface area contributed by atoms with E-state index in [0.29, 0.717) is 12.0 Å². The number of alkyl halides is 1. The molecule has 0 aromatic rings. The third kappa shape index (κ3) is 3.45. The van der Waals surface area contributed by atoms with Crippen LogP contribution in [0.4, 0.5) is 0 Å². The molecule has 2 nitrogen and oxygen atoms in total. The fourth-order valence-corrected chi connectivity index (χ4v) is 2.22. The van der Waals surface area contributed by atoms with Gasteiger partial charge in [-0.05, 0) is 32.2 Å². The average molecular weight is 206 g/mol. The summed E-state index contributed by atoms with van der Waals surface area (Å²) >= 11 is 5.87. The van der Waals surface area contributed by atoms with Gasteiger partial charge >= 0.3 is 0 Å². The number of nitrogens with zero attached hydrogens (tertiary/aromatic N) is 1. The lowest BCUT2D eigenvalue weighted by atomic mass is 9.99. The van der Waals surface area contributed by atoms with E-state index in [-0.39, 0.29) is 0 Å². The van der Waals surface area contributed by atoms with Gasteiger partial charge in [0.25, 0.3) is 0 Å². The minimum Gasteiger partial charge on any atom is -0.383 e. The van der Waals surface area contributed by atoms with Crippen molar-refractivity contribution in [2.24, 2.45) is 5.92 Å². The van der Waals surface area contributed by atoms with E-state index in [1.165, 1.54) is 19.4 Å². The Bertz CT molecular complexity index is 143. The predicted molar refractivity (Wildman–Crippen MR) is 56.4 cm³/mol. The lowest BCUT2D eigenvalue weighted by Crippen LogP contribution is -2.43. The summed E-state index contributed by atoms with van der Waals surface area (Å²) in [7, 11) is 1.76. The molecule has 1 rings (SSSR count). The summed E-state index contributed by atoms with van der Waals surface area (Å²) in [5, 5.41) is 0. The quantitative estimate of drug-likeness (QED) is 0.651. The number of rotatable bonds is 4. The Morgan fingerprint density at radius 1 is 1.62 bits per heavy atom. The standard InChI is InChI=1S/C10H20ClNO/c1-9(8-13-2)12-5-3-4-10(6-11)7-12/h9-10H,3-8H2,1-2H3. The van der Waals surface area contributed by atoms with Gasteiger partial charge in [0.1, 0.15) is 0 Å². The van der Waals surface area contributed by atoms with Gasteiger partial charge in [-0.15, -0.1) is 11.6 Å². The summed E-state index contributed by atoms with van der Waals surface area (Å²) < 4.78 is 5.15. The molecule has 0 aromatic heterocycles. The minimum atomic E-state index is 0.538. The maximum Gasteiger partial charge on any atom is 0.0615 e. The van der Waals surface area contributed by atoms with E-state index in [4.69, 9.17) is 16.3 Å².